The van der Waals surface area contributed by atoms with Gasteiger partial charge in [-0.1, -0.05) is 85.0 Å². The third-order valence-electron chi connectivity index (χ3n) is 7.57. The maximum Gasteiger partial charge on any atom is 0.207 e. The van der Waals surface area contributed by atoms with Gasteiger partial charge in [0.2, 0.25) is 19.7 Å². The SMILES string of the molecule is N=C(c1ccccc1S(=O)(=O)c1ccccc1)N1C=CN(C(=N)c2ccccc2S(=O)(=O)c2ccccc2)C1C1C=CC=C1. The molecule has 220 valence electrons. The quantitative estimate of drug-likeness (QED) is 0.197. The highest BCUT2D eigenvalue weighted by Gasteiger charge is 2.39. The molecule has 0 fully saturated rings. The molecule has 1 aliphatic carbocycles. The molecule has 6 rings (SSSR count). The number of sulfone groups is 2. The number of nitrogens with one attached hydrogen (secondary N) is 2. The molecule has 0 spiro atoms. The van der Waals surface area contributed by atoms with Crippen LogP contribution in [-0.4, -0.2) is 44.5 Å². The van der Waals surface area contributed by atoms with Crippen molar-refractivity contribution in [3.63, 3.8) is 0 Å². The fourth-order valence-electron chi connectivity index (χ4n) is 5.41. The summed E-state index contributed by atoms with van der Waals surface area (Å²) in [5.41, 5.74) is 0.412. The first-order chi connectivity index (χ1) is 21.2. The van der Waals surface area contributed by atoms with Crippen molar-refractivity contribution in [3.05, 3.63) is 157 Å². The molecule has 0 aromatic heterocycles. The van der Waals surface area contributed by atoms with Crippen molar-refractivity contribution in [1.82, 2.24) is 9.80 Å². The molecule has 8 nitrogen and oxygen atoms in total. The highest BCUT2D eigenvalue weighted by atomic mass is 32.2. The zero-order chi connectivity index (χ0) is 30.9. The van der Waals surface area contributed by atoms with Crippen molar-refractivity contribution in [2.24, 2.45) is 5.92 Å². The fraction of sp³-hybridized carbons (Fsp3) is 0.0588. The van der Waals surface area contributed by atoms with Gasteiger partial charge in [-0.3, -0.25) is 10.8 Å². The Morgan fingerprint density at radius 2 is 0.886 bits per heavy atom. The molecule has 4 aromatic rings. The number of amidine groups is 2. The summed E-state index contributed by atoms with van der Waals surface area (Å²) in [4.78, 5) is 3.46. The number of nitrogens with zero attached hydrogens (tertiary/aromatic N) is 2. The Kier molecular flexibility index (Phi) is 7.62. The molecule has 1 aliphatic heterocycles. The zero-order valence-electron chi connectivity index (χ0n) is 23.4. The summed E-state index contributed by atoms with van der Waals surface area (Å²) in [5, 5.41) is 18.5. The van der Waals surface area contributed by atoms with Gasteiger partial charge in [0.05, 0.1) is 19.6 Å². The third kappa shape index (κ3) is 5.08. The first-order valence-electron chi connectivity index (χ1n) is 13.8. The Morgan fingerprint density at radius 3 is 1.30 bits per heavy atom. The summed E-state index contributed by atoms with van der Waals surface area (Å²) in [6.45, 7) is 0. The first-order valence-corrected chi connectivity index (χ1v) is 16.7. The summed E-state index contributed by atoms with van der Waals surface area (Å²) < 4.78 is 54.6. The van der Waals surface area contributed by atoms with Crippen LogP contribution in [0.5, 0.6) is 0 Å². The van der Waals surface area contributed by atoms with Crippen LogP contribution in [0.2, 0.25) is 0 Å². The second-order valence-corrected chi connectivity index (χ2v) is 14.0. The average Bonchev–Trinajstić information content (AvgIpc) is 3.75. The summed E-state index contributed by atoms with van der Waals surface area (Å²) in [5.74, 6) is -0.437. The molecule has 4 aromatic carbocycles. The molecule has 10 heteroatoms. The molecule has 0 radical (unpaired) electrons. The van der Waals surface area contributed by atoms with Crippen LogP contribution >= 0.6 is 0 Å². The van der Waals surface area contributed by atoms with E-state index in [9.17, 15) is 27.7 Å². The van der Waals surface area contributed by atoms with Gasteiger partial charge in [-0.2, -0.15) is 0 Å². The second-order valence-electron chi connectivity index (χ2n) is 10.2. The molecular weight excluding hydrogens is 593 g/mol. The molecule has 44 heavy (non-hydrogen) atoms. The summed E-state index contributed by atoms with van der Waals surface area (Å²) in [7, 11) is -7.89. The van der Waals surface area contributed by atoms with Gasteiger partial charge in [-0.25, -0.2) is 16.8 Å². The Bertz CT molecular complexity index is 1910. The lowest BCUT2D eigenvalue weighted by Gasteiger charge is -2.36. The van der Waals surface area contributed by atoms with Gasteiger partial charge >= 0.3 is 0 Å². The summed E-state index contributed by atoms with van der Waals surface area (Å²) in [6.07, 6.45) is 10.2. The van der Waals surface area contributed by atoms with Gasteiger partial charge in [0, 0.05) is 29.4 Å². The number of rotatable bonds is 7. The van der Waals surface area contributed by atoms with Gasteiger partial charge < -0.3 is 9.80 Å². The van der Waals surface area contributed by atoms with Crippen molar-refractivity contribution in [1.29, 1.82) is 10.8 Å². The Morgan fingerprint density at radius 1 is 0.523 bits per heavy atom. The van der Waals surface area contributed by atoms with Crippen LogP contribution in [0.3, 0.4) is 0 Å². The highest BCUT2D eigenvalue weighted by molar-refractivity contribution is 7.92. The van der Waals surface area contributed by atoms with E-state index in [2.05, 4.69) is 0 Å². The largest absolute Gasteiger partial charge is 0.309 e. The van der Waals surface area contributed by atoms with E-state index in [-0.39, 0.29) is 48.3 Å². The van der Waals surface area contributed by atoms with Crippen molar-refractivity contribution in [2.45, 2.75) is 25.7 Å². The maximum atomic E-state index is 13.7. The minimum absolute atomic E-state index is 0.00585. The van der Waals surface area contributed by atoms with Crippen LogP contribution in [-0.2, 0) is 19.7 Å². The zero-order valence-corrected chi connectivity index (χ0v) is 25.0. The van der Waals surface area contributed by atoms with Crippen molar-refractivity contribution in [2.75, 3.05) is 0 Å². The molecule has 0 amide bonds. The van der Waals surface area contributed by atoms with Crippen molar-refractivity contribution < 1.29 is 16.8 Å². The highest BCUT2D eigenvalue weighted by Crippen LogP contribution is 2.34. The van der Waals surface area contributed by atoms with Gasteiger partial charge in [0.25, 0.3) is 0 Å². The third-order valence-corrected chi connectivity index (χ3v) is 11.2. The van der Waals surface area contributed by atoms with E-state index in [4.69, 9.17) is 0 Å². The molecule has 2 N–H and O–H groups in total. The predicted octanol–water partition coefficient (Wildman–Crippen LogP) is 5.86. The minimum atomic E-state index is -3.94. The van der Waals surface area contributed by atoms with Gasteiger partial charge in [0.1, 0.15) is 17.8 Å². The Balaban J connectivity index is 1.39. The molecule has 0 saturated heterocycles. The van der Waals surface area contributed by atoms with E-state index in [1.54, 1.807) is 95.0 Å². The van der Waals surface area contributed by atoms with Gasteiger partial charge in [0.15, 0.2) is 0 Å². The van der Waals surface area contributed by atoms with Crippen LogP contribution in [0, 0.1) is 16.7 Å². The Hall–Kier alpha value is -5.06. The number of allylic oxidation sites excluding steroid dienone is 2. The van der Waals surface area contributed by atoms with Crippen LogP contribution in [0.4, 0.5) is 0 Å². The summed E-state index contributed by atoms with van der Waals surface area (Å²) in [6, 6.07) is 28.9. The monoisotopic (exact) mass is 620 g/mol. The number of hydrogen-bond donors (Lipinski definition) is 2. The molecule has 0 atom stereocenters. The number of benzene rings is 4. The standard InChI is InChI=1S/C34H28N4O4S2/c35-32(28-19-9-11-21-30(28)43(39,40)26-15-3-1-4-16-26)37-23-24-38(34(37)25-13-7-8-14-25)33(36)29-20-10-12-22-31(29)44(41,42)27-17-5-2-6-18-27/h1-25,34-36H. The second kappa shape index (κ2) is 11.6. The molecule has 0 saturated carbocycles. The molecule has 2 aliphatic rings. The van der Waals surface area contributed by atoms with E-state index >= 15 is 0 Å². The van der Waals surface area contributed by atoms with E-state index < -0.39 is 25.8 Å². The number of hydrogen-bond acceptors (Lipinski definition) is 6. The topological polar surface area (TPSA) is 122 Å². The summed E-state index contributed by atoms with van der Waals surface area (Å²) >= 11 is 0. The Labute approximate surface area is 256 Å². The smallest absolute Gasteiger partial charge is 0.207 e. The molecule has 0 bridgehead atoms. The fourth-order valence-corrected chi connectivity index (χ4v) is 8.37. The van der Waals surface area contributed by atoms with E-state index in [0.29, 0.717) is 0 Å². The maximum absolute atomic E-state index is 13.7. The first kappa shape index (κ1) is 29.0. The molecule has 0 unspecified atom stereocenters. The normalized spacial score (nSPS) is 16.5. The van der Waals surface area contributed by atoms with Crippen LogP contribution in [0.15, 0.2) is 165 Å². The van der Waals surface area contributed by atoms with Crippen molar-refractivity contribution in [3.8, 4) is 0 Å². The van der Waals surface area contributed by atoms with E-state index in [1.807, 2.05) is 24.3 Å². The lowest BCUT2D eigenvalue weighted by Crippen LogP contribution is -2.48. The lowest BCUT2D eigenvalue weighted by atomic mass is 10.0. The molecular formula is C34H28N4O4S2. The minimum Gasteiger partial charge on any atom is -0.309 e. The van der Waals surface area contributed by atoms with Crippen molar-refractivity contribution >= 4 is 31.3 Å². The predicted molar refractivity (Wildman–Crippen MR) is 169 cm³/mol. The van der Waals surface area contributed by atoms with Crippen LogP contribution in [0.1, 0.15) is 11.1 Å². The van der Waals surface area contributed by atoms with Crippen LogP contribution < -0.4 is 0 Å². The average molecular weight is 621 g/mol. The lowest BCUT2D eigenvalue weighted by molar-refractivity contribution is 0.251. The van der Waals surface area contributed by atoms with Gasteiger partial charge in [-0.05, 0) is 48.5 Å². The van der Waals surface area contributed by atoms with E-state index in [0.717, 1.165) is 0 Å². The van der Waals surface area contributed by atoms with Gasteiger partial charge in [-0.15, -0.1) is 0 Å². The van der Waals surface area contributed by atoms with Crippen LogP contribution in [0.25, 0.3) is 0 Å². The van der Waals surface area contributed by atoms with E-state index in [1.165, 1.54) is 36.4 Å². The molecule has 1 heterocycles.